The molecule has 17 nitrogen and oxygen atoms in total. The second kappa shape index (κ2) is 24.7. The Hall–Kier alpha value is -4.81. The molecular weight excluding hydrogens is 733 g/mol. The summed E-state index contributed by atoms with van der Waals surface area (Å²) < 4.78 is 0. The average molecular weight is 797 g/mol. The van der Waals surface area contributed by atoms with Gasteiger partial charge in [0.25, 0.3) is 0 Å². The highest BCUT2D eigenvalue weighted by atomic mass is 16.3. The van der Waals surface area contributed by atoms with Crippen molar-refractivity contribution in [3.05, 3.63) is 47.5 Å². The van der Waals surface area contributed by atoms with Gasteiger partial charge in [-0.05, 0) is 140 Å². The number of nitrogens with one attached hydrogen (secondary N) is 10. The van der Waals surface area contributed by atoms with E-state index in [-0.39, 0.29) is 43.1 Å². The maximum absolute atomic E-state index is 14.4. The first kappa shape index (κ1) is 46.6. The Bertz CT molecular complexity index is 1630. The number of phenols is 2. The summed E-state index contributed by atoms with van der Waals surface area (Å²) in [5.41, 5.74) is 2.22. The Kier molecular flexibility index (Phi) is 20.2. The number of benzene rings is 2. The lowest BCUT2D eigenvalue weighted by atomic mass is 9.95. The van der Waals surface area contributed by atoms with Crippen molar-refractivity contribution in [1.29, 1.82) is 0 Å². The highest BCUT2D eigenvalue weighted by Crippen LogP contribution is 2.31. The van der Waals surface area contributed by atoms with Gasteiger partial charge in [-0.15, -0.1) is 0 Å². The third kappa shape index (κ3) is 14.9. The third-order valence-electron chi connectivity index (χ3n) is 9.97. The van der Waals surface area contributed by atoms with Crippen molar-refractivity contribution in [2.75, 3.05) is 68.0 Å². The van der Waals surface area contributed by atoms with Gasteiger partial charge in [0.15, 0.2) is 0 Å². The highest BCUT2D eigenvalue weighted by Gasteiger charge is 2.33. The fraction of sp³-hybridized carbons (Fsp3) is 0.575. The fourth-order valence-electron chi connectivity index (χ4n) is 6.61. The van der Waals surface area contributed by atoms with Gasteiger partial charge in [-0.1, -0.05) is 12.1 Å². The van der Waals surface area contributed by atoms with Gasteiger partial charge < -0.3 is 63.4 Å². The van der Waals surface area contributed by atoms with Gasteiger partial charge in [0, 0.05) is 25.9 Å². The average Bonchev–Trinajstić information content (AvgIpc) is 3.19. The van der Waals surface area contributed by atoms with Gasteiger partial charge >= 0.3 is 0 Å². The number of carbonyl (C=O) groups excluding carboxylic acids is 5. The smallest absolute Gasteiger partial charge is 0.243 e. The van der Waals surface area contributed by atoms with Crippen LogP contribution in [-0.2, 0) is 36.8 Å². The molecule has 1 heterocycles. The first-order chi connectivity index (χ1) is 27.4. The lowest BCUT2D eigenvalue weighted by molar-refractivity contribution is -0.135. The standard InChI is InChI=1S/C40H64N10O7/c1-41-16-6-9-29(36(53)46-20-19-44-4)47-37(54)30(10-7-17-42-2)49-40(57)33-24-28-22-26(13-15-35(28)52)25-12-14-34(51)27(21-25)23-32(45-5)39(56)48-31(38(55)50-33)11-8-18-43-3/h12-15,21-22,29-33,41-45,51-52H,6-11,16-20,23-24H2,1-5H3,(H,46,53)(H,47,54)(H,48,56)(H,49,57)(H,50,55)/t29-,30-,31-,32-,33-/m0/s1. The van der Waals surface area contributed by atoms with Crippen molar-refractivity contribution < 1.29 is 34.2 Å². The summed E-state index contributed by atoms with van der Waals surface area (Å²) >= 11 is 0. The molecule has 0 aliphatic carbocycles. The van der Waals surface area contributed by atoms with E-state index in [1.54, 1.807) is 65.6 Å². The number of fused-ring (bicyclic) bond motifs is 5. The summed E-state index contributed by atoms with van der Waals surface area (Å²) in [4.78, 5) is 69.3. The van der Waals surface area contributed by atoms with E-state index < -0.39 is 53.8 Å². The first-order valence-corrected chi connectivity index (χ1v) is 19.8. The summed E-state index contributed by atoms with van der Waals surface area (Å²) in [5.74, 6) is -2.78. The molecule has 0 saturated carbocycles. The minimum absolute atomic E-state index is 0.00202. The van der Waals surface area contributed by atoms with E-state index in [0.29, 0.717) is 80.7 Å². The quantitative estimate of drug-likeness (QED) is 0.0662. The van der Waals surface area contributed by atoms with Crippen LogP contribution < -0.4 is 53.2 Å². The number of amides is 5. The molecule has 17 heteroatoms. The maximum atomic E-state index is 14.4. The van der Waals surface area contributed by atoms with Gasteiger partial charge in [-0.2, -0.15) is 0 Å². The molecule has 316 valence electrons. The van der Waals surface area contributed by atoms with E-state index in [1.807, 2.05) is 0 Å². The molecule has 2 aromatic carbocycles. The molecule has 0 unspecified atom stereocenters. The number of phenolic OH excluding ortho intramolecular Hbond substituents is 2. The van der Waals surface area contributed by atoms with Crippen molar-refractivity contribution in [3.63, 3.8) is 0 Å². The largest absolute Gasteiger partial charge is 0.508 e. The molecule has 0 fully saturated rings. The number of rotatable bonds is 21. The van der Waals surface area contributed by atoms with Gasteiger partial charge in [-0.3, -0.25) is 24.0 Å². The van der Waals surface area contributed by atoms with Crippen LogP contribution in [0.2, 0.25) is 0 Å². The van der Waals surface area contributed by atoms with Crippen LogP contribution in [0.25, 0.3) is 11.1 Å². The second-order valence-electron chi connectivity index (χ2n) is 14.3. The molecule has 2 aromatic rings. The highest BCUT2D eigenvalue weighted by molar-refractivity contribution is 5.96. The van der Waals surface area contributed by atoms with Gasteiger partial charge in [-0.25, -0.2) is 0 Å². The zero-order valence-electron chi connectivity index (χ0n) is 34.0. The van der Waals surface area contributed by atoms with E-state index >= 15 is 0 Å². The topological polar surface area (TPSA) is 246 Å². The van der Waals surface area contributed by atoms with Crippen LogP contribution in [0.5, 0.6) is 11.5 Å². The number of likely N-dealkylation sites (N-methyl/N-ethyl adjacent to an activating group) is 2. The molecule has 1 aliphatic rings. The van der Waals surface area contributed by atoms with Crippen LogP contribution in [0.1, 0.15) is 49.7 Å². The van der Waals surface area contributed by atoms with E-state index in [9.17, 15) is 34.2 Å². The van der Waals surface area contributed by atoms with E-state index in [2.05, 4.69) is 53.2 Å². The van der Waals surface area contributed by atoms with Crippen LogP contribution >= 0.6 is 0 Å². The Balaban J connectivity index is 2.04. The molecule has 0 saturated heterocycles. The Labute approximate surface area is 336 Å². The van der Waals surface area contributed by atoms with Crippen LogP contribution in [0.15, 0.2) is 36.4 Å². The monoisotopic (exact) mass is 796 g/mol. The van der Waals surface area contributed by atoms with Crippen molar-refractivity contribution in [1.82, 2.24) is 53.2 Å². The van der Waals surface area contributed by atoms with Crippen LogP contribution in [0.3, 0.4) is 0 Å². The molecular formula is C40H64N10O7. The van der Waals surface area contributed by atoms with Crippen molar-refractivity contribution in [3.8, 4) is 22.6 Å². The lowest BCUT2D eigenvalue weighted by Crippen LogP contribution is -2.59. The van der Waals surface area contributed by atoms with E-state index in [0.717, 1.165) is 0 Å². The molecule has 0 spiro atoms. The van der Waals surface area contributed by atoms with Crippen LogP contribution in [0.4, 0.5) is 0 Å². The lowest BCUT2D eigenvalue weighted by Gasteiger charge is -2.27. The minimum Gasteiger partial charge on any atom is -0.508 e. The SMILES string of the molecule is CNCCC[C@H](NC(=O)[C@H](CCCNC)NC(=O)[C@@H]1Cc2cc(ccc2O)-c2ccc(O)c(c2)C[C@H](NC)C(=O)N[C@@H](CCCNC)C(=O)N1)C(=O)NCCNC. The Morgan fingerprint density at radius 2 is 1.21 bits per heavy atom. The molecule has 0 radical (unpaired) electrons. The van der Waals surface area contributed by atoms with Crippen molar-refractivity contribution in [2.24, 2.45) is 0 Å². The fourth-order valence-corrected chi connectivity index (χ4v) is 6.61. The molecule has 57 heavy (non-hydrogen) atoms. The first-order valence-electron chi connectivity index (χ1n) is 19.8. The normalized spacial score (nSPS) is 18.2. The molecule has 5 atom stereocenters. The Morgan fingerprint density at radius 1 is 0.667 bits per heavy atom. The summed E-state index contributed by atoms with van der Waals surface area (Å²) in [6.07, 6.45) is 2.42. The summed E-state index contributed by atoms with van der Waals surface area (Å²) in [7, 11) is 8.74. The predicted octanol–water partition coefficient (Wildman–Crippen LogP) is -1.27. The molecule has 5 amide bonds. The molecule has 0 aromatic heterocycles. The maximum Gasteiger partial charge on any atom is 0.243 e. The molecule has 4 bridgehead atoms. The predicted molar refractivity (Wildman–Crippen MR) is 220 cm³/mol. The van der Waals surface area contributed by atoms with Crippen LogP contribution in [-0.4, -0.2) is 138 Å². The van der Waals surface area contributed by atoms with Gasteiger partial charge in [0.1, 0.15) is 35.7 Å². The molecule has 1 aliphatic heterocycles. The van der Waals surface area contributed by atoms with Crippen molar-refractivity contribution >= 4 is 29.5 Å². The minimum atomic E-state index is -1.29. The number of carbonyl (C=O) groups is 5. The molecule has 3 rings (SSSR count). The summed E-state index contributed by atoms with van der Waals surface area (Å²) in [5, 5.41) is 51.1. The van der Waals surface area contributed by atoms with Crippen LogP contribution in [0, 0.1) is 0 Å². The summed E-state index contributed by atoms with van der Waals surface area (Å²) in [6, 6.07) is 4.85. The Morgan fingerprint density at radius 3 is 1.77 bits per heavy atom. The zero-order chi connectivity index (χ0) is 41.7. The summed E-state index contributed by atoms with van der Waals surface area (Å²) in [6.45, 7) is 2.66. The van der Waals surface area contributed by atoms with E-state index in [4.69, 9.17) is 0 Å². The molecule has 12 N–H and O–H groups in total. The number of hydrogen-bond acceptors (Lipinski definition) is 12. The van der Waals surface area contributed by atoms with Crippen molar-refractivity contribution in [2.45, 2.75) is 81.6 Å². The number of hydrogen-bond donors (Lipinski definition) is 12. The van der Waals surface area contributed by atoms with Gasteiger partial charge in [0.05, 0.1) is 6.04 Å². The second-order valence-corrected chi connectivity index (χ2v) is 14.3. The number of aromatic hydroxyl groups is 2. The third-order valence-corrected chi connectivity index (χ3v) is 9.97. The van der Waals surface area contributed by atoms with Gasteiger partial charge in [0.2, 0.25) is 29.5 Å². The van der Waals surface area contributed by atoms with E-state index in [1.165, 1.54) is 6.07 Å². The zero-order valence-corrected chi connectivity index (χ0v) is 34.0.